The van der Waals surface area contributed by atoms with E-state index in [0.29, 0.717) is 10.8 Å². The van der Waals surface area contributed by atoms with Gasteiger partial charge in [-0.1, -0.05) is 42.5 Å². The minimum Gasteiger partial charge on any atom is -0.282 e. The zero-order valence-corrected chi connectivity index (χ0v) is 13.6. The van der Waals surface area contributed by atoms with Crippen molar-refractivity contribution >= 4 is 52.6 Å². The summed E-state index contributed by atoms with van der Waals surface area (Å²) < 4.78 is 65.9. The van der Waals surface area contributed by atoms with E-state index in [1.54, 1.807) is 18.2 Å². The first-order chi connectivity index (χ1) is 11.2. The highest BCUT2D eigenvalue weighted by molar-refractivity contribution is 7.89. The molecule has 0 aromatic heterocycles. The van der Waals surface area contributed by atoms with Crippen LogP contribution in [0.3, 0.4) is 0 Å². The monoisotopic (exact) mass is 362 g/mol. The summed E-state index contributed by atoms with van der Waals surface area (Å²) in [6, 6.07) is 13.1. The molecule has 0 fully saturated rings. The van der Waals surface area contributed by atoms with Gasteiger partial charge in [-0.3, -0.25) is 9.11 Å². The summed E-state index contributed by atoms with van der Waals surface area (Å²) in [5.74, 6) is 0. The van der Waals surface area contributed by atoms with Gasteiger partial charge in [0.2, 0.25) is 0 Å². The van der Waals surface area contributed by atoms with Crippen molar-refractivity contribution in [3.05, 3.63) is 48.5 Å². The van der Waals surface area contributed by atoms with Gasteiger partial charge in [-0.25, -0.2) is 0 Å². The van der Waals surface area contributed by atoms with E-state index in [9.17, 15) is 25.9 Å². The second-order valence-electron chi connectivity index (χ2n) is 5.51. The minimum atomic E-state index is -4.88. The molecule has 0 spiro atoms. The Morgan fingerprint density at radius 3 is 1.83 bits per heavy atom. The number of hydrogen-bond acceptors (Lipinski definition) is 4. The van der Waals surface area contributed by atoms with Crippen LogP contribution in [0.25, 0.3) is 32.3 Å². The van der Waals surface area contributed by atoms with Gasteiger partial charge in [-0.15, -0.1) is 0 Å². The molecule has 122 valence electrons. The Labute approximate surface area is 137 Å². The SMILES string of the molecule is O=S(=O)(O)c1cc2ccc3cccc4ccc(c1S(=O)(=O)O)c2c34. The predicted molar refractivity (Wildman–Crippen MR) is 89.8 cm³/mol. The fourth-order valence-corrected chi connectivity index (χ4v) is 5.23. The molecular weight excluding hydrogens is 352 g/mol. The second-order valence-corrected chi connectivity index (χ2v) is 8.26. The van der Waals surface area contributed by atoms with Gasteiger partial charge >= 0.3 is 0 Å². The van der Waals surface area contributed by atoms with E-state index in [2.05, 4.69) is 0 Å². The van der Waals surface area contributed by atoms with Crippen molar-refractivity contribution in [2.45, 2.75) is 9.79 Å². The van der Waals surface area contributed by atoms with Crippen LogP contribution in [0.2, 0.25) is 0 Å². The average molecular weight is 362 g/mol. The molecule has 0 atom stereocenters. The third kappa shape index (κ3) is 2.08. The van der Waals surface area contributed by atoms with Gasteiger partial charge in [-0.2, -0.15) is 16.8 Å². The third-order valence-electron chi connectivity index (χ3n) is 4.10. The first kappa shape index (κ1) is 15.3. The van der Waals surface area contributed by atoms with Crippen LogP contribution in [0.15, 0.2) is 58.3 Å². The lowest BCUT2D eigenvalue weighted by Crippen LogP contribution is -2.09. The van der Waals surface area contributed by atoms with Crippen LogP contribution in [0.4, 0.5) is 0 Å². The van der Waals surface area contributed by atoms with Gasteiger partial charge in [0.1, 0.15) is 9.79 Å². The second kappa shape index (κ2) is 4.64. The van der Waals surface area contributed by atoms with Crippen LogP contribution < -0.4 is 0 Å². The lowest BCUT2D eigenvalue weighted by molar-refractivity contribution is 0.468. The maximum atomic E-state index is 11.8. The summed E-state index contributed by atoms with van der Waals surface area (Å²) in [5.41, 5.74) is 0. The quantitative estimate of drug-likeness (QED) is 0.419. The summed E-state index contributed by atoms with van der Waals surface area (Å²) in [7, 11) is -9.73. The molecule has 0 radical (unpaired) electrons. The van der Waals surface area contributed by atoms with Gasteiger partial charge in [0.05, 0.1) is 0 Å². The lowest BCUT2D eigenvalue weighted by atomic mass is 9.94. The number of benzene rings is 4. The Balaban J connectivity index is 2.42. The molecule has 6 nitrogen and oxygen atoms in total. The number of hydrogen-bond donors (Lipinski definition) is 2. The normalized spacial score (nSPS) is 13.2. The van der Waals surface area contributed by atoms with Crippen LogP contribution in [-0.2, 0) is 20.2 Å². The Morgan fingerprint density at radius 2 is 1.25 bits per heavy atom. The van der Waals surface area contributed by atoms with Crippen molar-refractivity contribution < 1.29 is 25.9 Å². The molecule has 4 aromatic rings. The van der Waals surface area contributed by atoms with Crippen LogP contribution in [0, 0.1) is 0 Å². The number of rotatable bonds is 2. The first-order valence-corrected chi connectivity index (χ1v) is 9.71. The molecule has 0 heterocycles. The maximum Gasteiger partial charge on any atom is 0.296 e. The topological polar surface area (TPSA) is 109 Å². The molecule has 0 aliphatic heterocycles. The maximum absolute atomic E-state index is 11.8. The minimum absolute atomic E-state index is 0.0481. The Kier molecular flexibility index (Phi) is 2.95. The van der Waals surface area contributed by atoms with E-state index in [-0.39, 0.29) is 5.39 Å². The highest BCUT2D eigenvalue weighted by Crippen LogP contribution is 2.40. The Morgan fingerprint density at radius 1 is 0.667 bits per heavy atom. The van der Waals surface area contributed by atoms with E-state index in [1.807, 2.05) is 18.2 Å². The van der Waals surface area contributed by atoms with Gasteiger partial charge in [0, 0.05) is 5.39 Å². The zero-order chi connectivity index (χ0) is 17.3. The molecule has 0 saturated carbocycles. The van der Waals surface area contributed by atoms with Gasteiger partial charge in [0.15, 0.2) is 0 Å². The molecule has 0 unspecified atom stereocenters. The highest BCUT2D eigenvalue weighted by atomic mass is 32.2. The standard InChI is InChI=1S/C16H10O6S2/c17-23(18,19)13-8-11-5-4-9-2-1-3-10-6-7-12(15(11)14(9)10)16(13)24(20,21)22/h1-8H,(H,17,18,19)(H,20,21,22). The van der Waals surface area contributed by atoms with Crippen LogP contribution in [0.5, 0.6) is 0 Å². The summed E-state index contributed by atoms with van der Waals surface area (Å²) in [6.45, 7) is 0. The third-order valence-corrected chi connectivity index (χ3v) is 6.06. The molecule has 0 aliphatic rings. The van der Waals surface area contributed by atoms with E-state index in [4.69, 9.17) is 0 Å². The molecule has 2 N–H and O–H groups in total. The van der Waals surface area contributed by atoms with E-state index in [1.165, 1.54) is 6.07 Å². The van der Waals surface area contributed by atoms with Crippen molar-refractivity contribution in [3.8, 4) is 0 Å². The lowest BCUT2D eigenvalue weighted by Gasteiger charge is -2.15. The molecular formula is C16H10O6S2. The zero-order valence-electron chi connectivity index (χ0n) is 12.0. The van der Waals surface area contributed by atoms with E-state index >= 15 is 0 Å². The molecule has 4 aromatic carbocycles. The largest absolute Gasteiger partial charge is 0.296 e. The van der Waals surface area contributed by atoms with Gasteiger partial charge < -0.3 is 0 Å². The van der Waals surface area contributed by atoms with Crippen LogP contribution >= 0.6 is 0 Å². The summed E-state index contributed by atoms with van der Waals surface area (Å²) in [6.07, 6.45) is 0. The van der Waals surface area contributed by atoms with E-state index in [0.717, 1.165) is 22.2 Å². The Bertz CT molecular complexity index is 1320. The van der Waals surface area contributed by atoms with Crippen molar-refractivity contribution in [2.24, 2.45) is 0 Å². The van der Waals surface area contributed by atoms with Gasteiger partial charge in [-0.05, 0) is 33.0 Å². The van der Waals surface area contributed by atoms with E-state index < -0.39 is 30.0 Å². The van der Waals surface area contributed by atoms with Crippen molar-refractivity contribution in [1.82, 2.24) is 0 Å². The molecule has 0 amide bonds. The average Bonchev–Trinajstić information content (AvgIpc) is 2.50. The molecule has 0 aliphatic carbocycles. The predicted octanol–water partition coefficient (Wildman–Crippen LogP) is 3.08. The summed E-state index contributed by atoms with van der Waals surface area (Å²) in [4.78, 5) is -1.65. The van der Waals surface area contributed by atoms with Crippen LogP contribution in [0.1, 0.15) is 0 Å². The molecule has 24 heavy (non-hydrogen) atoms. The smallest absolute Gasteiger partial charge is 0.282 e. The molecule has 8 heteroatoms. The summed E-state index contributed by atoms with van der Waals surface area (Å²) in [5, 5.41) is 3.49. The van der Waals surface area contributed by atoms with Crippen molar-refractivity contribution in [3.63, 3.8) is 0 Å². The fraction of sp³-hybridized carbons (Fsp3) is 0. The molecule has 0 saturated heterocycles. The molecule has 4 rings (SSSR count). The Hall–Kier alpha value is -2.26. The summed E-state index contributed by atoms with van der Waals surface area (Å²) >= 11 is 0. The molecule has 0 bridgehead atoms. The van der Waals surface area contributed by atoms with Crippen molar-refractivity contribution in [2.75, 3.05) is 0 Å². The fourth-order valence-electron chi connectivity index (χ4n) is 3.22. The first-order valence-electron chi connectivity index (χ1n) is 6.83. The highest BCUT2D eigenvalue weighted by Gasteiger charge is 2.28. The van der Waals surface area contributed by atoms with Crippen molar-refractivity contribution in [1.29, 1.82) is 0 Å². The van der Waals surface area contributed by atoms with Crippen LogP contribution in [-0.4, -0.2) is 25.9 Å². The van der Waals surface area contributed by atoms with Gasteiger partial charge in [0.25, 0.3) is 20.2 Å².